The molecular formula is C13H17FO4. The minimum atomic E-state index is -0.630. The van der Waals surface area contributed by atoms with Gasteiger partial charge in [0, 0.05) is 5.56 Å². The maximum absolute atomic E-state index is 13.6. The van der Waals surface area contributed by atoms with Crippen molar-refractivity contribution in [2.75, 3.05) is 13.7 Å². The van der Waals surface area contributed by atoms with Gasteiger partial charge in [0.05, 0.1) is 18.8 Å². The van der Waals surface area contributed by atoms with Crippen molar-refractivity contribution in [3.8, 4) is 5.75 Å². The fourth-order valence-electron chi connectivity index (χ4n) is 1.34. The number of carbonyl (C=O) groups excluding carboxylic acids is 1. The van der Waals surface area contributed by atoms with Crippen molar-refractivity contribution >= 4 is 5.97 Å². The van der Waals surface area contributed by atoms with Crippen molar-refractivity contribution in [1.29, 1.82) is 0 Å². The molecule has 0 saturated carbocycles. The Hall–Kier alpha value is -1.62. The van der Waals surface area contributed by atoms with E-state index in [-0.39, 0.29) is 17.9 Å². The molecule has 0 heterocycles. The van der Waals surface area contributed by atoms with E-state index >= 15 is 0 Å². The van der Waals surface area contributed by atoms with Crippen LogP contribution in [0, 0.1) is 12.7 Å². The number of aliphatic hydroxyl groups is 1. The maximum atomic E-state index is 13.6. The van der Waals surface area contributed by atoms with Gasteiger partial charge >= 0.3 is 5.97 Å². The second kappa shape index (κ2) is 6.35. The molecule has 0 spiro atoms. The molecular weight excluding hydrogens is 239 g/mol. The Morgan fingerprint density at radius 3 is 2.72 bits per heavy atom. The van der Waals surface area contributed by atoms with Gasteiger partial charge in [-0.05, 0) is 25.5 Å². The van der Waals surface area contributed by atoms with E-state index in [4.69, 9.17) is 4.74 Å². The van der Waals surface area contributed by atoms with Gasteiger partial charge in [-0.3, -0.25) is 0 Å². The molecule has 5 heteroatoms. The summed E-state index contributed by atoms with van der Waals surface area (Å²) >= 11 is 0. The summed E-state index contributed by atoms with van der Waals surface area (Å²) in [4.78, 5) is 11.3. The number of esters is 1. The van der Waals surface area contributed by atoms with Gasteiger partial charge in [0.15, 0.2) is 0 Å². The second-order valence-corrected chi connectivity index (χ2v) is 3.95. The van der Waals surface area contributed by atoms with E-state index in [0.29, 0.717) is 12.0 Å². The monoisotopic (exact) mass is 256 g/mol. The summed E-state index contributed by atoms with van der Waals surface area (Å²) in [5.74, 6) is -0.934. The first-order valence-corrected chi connectivity index (χ1v) is 5.68. The van der Waals surface area contributed by atoms with Crippen LogP contribution in [0.4, 0.5) is 4.39 Å². The third-order valence-electron chi connectivity index (χ3n) is 2.62. The highest BCUT2D eigenvalue weighted by molar-refractivity contribution is 5.90. The number of halogens is 1. The van der Waals surface area contributed by atoms with Crippen molar-refractivity contribution in [1.82, 2.24) is 0 Å². The molecule has 0 aliphatic rings. The van der Waals surface area contributed by atoms with Crippen LogP contribution >= 0.6 is 0 Å². The van der Waals surface area contributed by atoms with Gasteiger partial charge in [0.25, 0.3) is 0 Å². The highest BCUT2D eigenvalue weighted by Crippen LogP contribution is 2.23. The van der Waals surface area contributed by atoms with Crippen LogP contribution in [0.15, 0.2) is 12.1 Å². The minimum Gasteiger partial charge on any atom is -0.490 e. The molecule has 0 amide bonds. The normalized spacial score (nSPS) is 12.1. The quantitative estimate of drug-likeness (QED) is 0.819. The van der Waals surface area contributed by atoms with Crippen LogP contribution < -0.4 is 4.74 Å². The molecule has 1 rings (SSSR count). The van der Waals surface area contributed by atoms with Gasteiger partial charge in [-0.15, -0.1) is 0 Å². The average Bonchev–Trinajstić information content (AvgIpc) is 2.38. The molecule has 0 fully saturated rings. The highest BCUT2D eigenvalue weighted by atomic mass is 19.1. The van der Waals surface area contributed by atoms with E-state index < -0.39 is 17.9 Å². The number of aliphatic hydroxyl groups excluding tert-OH is 1. The molecule has 100 valence electrons. The molecule has 0 radical (unpaired) electrons. The Bertz CT molecular complexity index is 431. The second-order valence-electron chi connectivity index (χ2n) is 3.95. The number of methoxy groups -OCH3 is 1. The van der Waals surface area contributed by atoms with Crippen molar-refractivity contribution in [3.63, 3.8) is 0 Å². The largest absolute Gasteiger partial charge is 0.490 e. The Labute approximate surface area is 105 Å². The van der Waals surface area contributed by atoms with Crippen molar-refractivity contribution in [3.05, 3.63) is 29.1 Å². The van der Waals surface area contributed by atoms with Crippen LogP contribution in [-0.4, -0.2) is 30.9 Å². The SMILES string of the molecule is CC[C@H](O)COc1cc(C(=O)OC)cc(F)c1C. The maximum Gasteiger partial charge on any atom is 0.338 e. The number of benzene rings is 1. The molecule has 0 unspecified atom stereocenters. The lowest BCUT2D eigenvalue weighted by Crippen LogP contribution is -2.17. The Kier molecular flexibility index (Phi) is 5.09. The number of carbonyl (C=O) groups is 1. The van der Waals surface area contributed by atoms with Gasteiger partial charge < -0.3 is 14.6 Å². The van der Waals surface area contributed by atoms with Crippen molar-refractivity contribution in [2.45, 2.75) is 26.4 Å². The fraction of sp³-hybridized carbons (Fsp3) is 0.462. The van der Waals surface area contributed by atoms with E-state index in [1.54, 1.807) is 6.92 Å². The average molecular weight is 256 g/mol. The third kappa shape index (κ3) is 3.43. The van der Waals surface area contributed by atoms with Crippen molar-refractivity contribution < 1.29 is 23.8 Å². The summed E-state index contributed by atoms with van der Waals surface area (Å²) in [6.45, 7) is 3.41. The van der Waals surface area contributed by atoms with Crippen LogP contribution in [0.3, 0.4) is 0 Å². The molecule has 1 atom stereocenters. The van der Waals surface area contributed by atoms with Crippen LogP contribution in [0.2, 0.25) is 0 Å². The zero-order valence-electron chi connectivity index (χ0n) is 10.7. The van der Waals surface area contributed by atoms with E-state index in [1.807, 2.05) is 6.92 Å². The summed E-state index contributed by atoms with van der Waals surface area (Å²) in [7, 11) is 1.22. The molecule has 1 N–H and O–H groups in total. The van der Waals surface area contributed by atoms with Crippen LogP contribution in [0.1, 0.15) is 29.3 Å². The van der Waals surface area contributed by atoms with E-state index in [9.17, 15) is 14.3 Å². The van der Waals surface area contributed by atoms with E-state index in [0.717, 1.165) is 6.07 Å². The first kappa shape index (κ1) is 14.4. The number of ether oxygens (including phenoxy) is 2. The van der Waals surface area contributed by atoms with Gasteiger partial charge in [-0.25, -0.2) is 9.18 Å². The van der Waals surface area contributed by atoms with Crippen LogP contribution in [-0.2, 0) is 4.74 Å². The highest BCUT2D eigenvalue weighted by Gasteiger charge is 2.14. The van der Waals surface area contributed by atoms with Gasteiger partial charge in [-0.1, -0.05) is 6.92 Å². The Balaban J connectivity index is 2.95. The first-order chi connectivity index (χ1) is 8.49. The molecule has 1 aromatic rings. The molecule has 4 nitrogen and oxygen atoms in total. The smallest absolute Gasteiger partial charge is 0.338 e. The summed E-state index contributed by atoms with van der Waals surface area (Å²) < 4.78 is 23.4. The number of hydrogen-bond acceptors (Lipinski definition) is 4. The lowest BCUT2D eigenvalue weighted by Gasteiger charge is -2.13. The fourth-order valence-corrected chi connectivity index (χ4v) is 1.34. The van der Waals surface area contributed by atoms with E-state index in [1.165, 1.54) is 13.2 Å². The predicted octanol–water partition coefficient (Wildman–Crippen LogP) is 2.07. The molecule has 18 heavy (non-hydrogen) atoms. The van der Waals surface area contributed by atoms with Crippen LogP contribution in [0.25, 0.3) is 0 Å². The zero-order chi connectivity index (χ0) is 13.7. The summed E-state index contributed by atoms with van der Waals surface area (Å²) in [6, 6.07) is 2.51. The summed E-state index contributed by atoms with van der Waals surface area (Å²) in [5, 5.41) is 9.39. The topological polar surface area (TPSA) is 55.8 Å². The molecule has 0 aromatic heterocycles. The van der Waals surface area contributed by atoms with Gasteiger partial charge in [-0.2, -0.15) is 0 Å². The van der Waals surface area contributed by atoms with Crippen molar-refractivity contribution in [2.24, 2.45) is 0 Å². The van der Waals surface area contributed by atoms with Crippen LogP contribution in [0.5, 0.6) is 5.75 Å². The zero-order valence-corrected chi connectivity index (χ0v) is 10.7. The van der Waals surface area contributed by atoms with Gasteiger partial charge in [0.2, 0.25) is 0 Å². The lowest BCUT2D eigenvalue weighted by molar-refractivity contribution is 0.0599. The first-order valence-electron chi connectivity index (χ1n) is 5.68. The summed E-state index contributed by atoms with van der Waals surface area (Å²) in [6.07, 6.45) is -0.0765. The summed E-state index contributed by atoms with van der Waals surface area (Å²) in [5.41, 5.74) is 0.382. The number of hydrogen-bond donors (Lipinski definition) is 1. The molecule has 0 aliphatic carbocycles. The Morgan fingerprint density at radius 1 is 1.50 bits per heavy atom. The molecule has 1 aromatic carbocycles. The molecule has 0 bridgehead atoms. The molecule has 0 saturated heterocycles. The Morgan fingerprint density at radius 2 is 2.17 bits per heavy atom. The lowest BCUT2D eigenvalue weighted by atomic mass is 10.1. The standard InChI is InChI=1S/C13H17FO4/c1-4-10(15)7-18-12-6-9(13(16)17-3)5-11(14)8(12)2/h5-6,10,15H,4,7H2,1-3H3/t10-/m0/s1. The molecule has 0 aliphatic heterocycles. The third-order valence-corrected chi connectivity index (χ3v) is 2.62. The predicted molar refractivity (Wildman–Crippen MR) is 64.3 cm³/mol. The number of rotatable bonds is 5. The minimum absolute atomic E-state index is 0.0570. The van der Waals surface area contributed by atoms with E-state index in [2.05, 4.69) is 4.74 Å². The van der Waals surface area contributed by atoms with Gasteiger partial charge in [0.1, 0.15) is 18.2 Å².